The number of rotatable bonds is 9. The molecule has 0 fully saturated rings. The molecular formula is C24H20ClFN4O2S. The Labute approximate surface area is 199 Å². The van der Waals surface area contributed by atoms with E-state index >= 15 is 0 Å². The number of amides is 1. The third-order valence-corrected chi connectivity index (χ3v) is 6.02. The van der Waals surface area contributed by atoms with Gasteiger partial charge in [0.1, 0.15) is 18.2 Å². The van der Waals surface area contributed by atoms with Crippen molar-refractivity contribution in [2.45, 2.75) is 18.3 Å². The van der Waals surface area contributed by atoms with Crippen LogP contribution in [0.1, 0.15) is 5.82 Å². The number of carbonyl (C=O) groups excluding carboxylic acids is 1. The van der Waals surface area contributed by atoms with Crippen molar-refractivity contribution in [1.82, 2.24) is 14.8 Å². The van der Waals surface area contributed by atoms with E-state index < -0.39 is 5.82 Å². The standard InChI is InChI=1S/C24H20ClFN4O2S/c1-2-12-30-22(14-32-17-10-11-20(26)19(25)13-17)28-29-24(30)33-15-23(31)27-21-9-5-7-16-6-3-4-8-18(16)21/h2-11,13H,1,12,14-15H2,(H,27,31). The molecule has 0 radical (unpaired) electrons. The number of halogens is 2. The Morgan fingerprint density at radius 3 is 2.82 bits per heavy atom. The predicted molar refractivity (Wildman–Crippen MR) is 129 cm³/mol. The molecule has 1 amide bonds. The molecule has 1 aromatic heterocycles. The van der Waals surface area contributed by atoms with Gasteiger partial charge in [0, 0.05) is 23.7 Å². The summed E-state index contributed by atoms with van der Waals surface area (Å²) < 4.78 is 20.8. The number of allylic oxidation sites excluding steroid dienone is 1. The molecule has 6 nitrogen and oxygen atoms in total. The van der Waals surface area contributed by atoms with E-state index in [9.17, 15) is 9.18 Å². The molecule has 168 valence electrons. The zero-order valence-corrected chi connectivity index (χ0v) is 19.1. The van der Waals surface area contributed by atoms with Gasteiger partial charge in [-0.2, -0.15) is 0 Å². The fourth-order valence-corrected chi connectivity index (χ4v) is 4.15. The quantitative estimate of drug-likeness (QED) is 0.244. The molecule has 1 N–H and O–H groups in total. The summed E-state index contributed by atoms with van der Waals surface area (Å²) in [6.07, 6.45) is 1.71. The Bertz CT molecular complexity index is 1310. The fourth-order valence-electron chi connectivity index (χ4n) is 3.21. The van der Waals surface area contributed by atoms with Crippen LogP contribution in [0.25, 0.3) is 10.8 Å². The van der Waals surface area contributed by atoms with Gasteiger partial charge in [-0.15, -0.1) is 16.8 Å². The Hall–Kier alpha value is -3.36. The van der Waals surface area contributed by atoms with Gasteiger partial charge in [0.25, 0.3) is 0 Å². The Balaban J connectivity index is 1.41. The number of ether oxygens (including phenoxy) is 1. The lowest BCUT2D eigenvalue weighted by Gasteiger charge is -2.10. The normalized spacial score (nSPS) is 10.8. The molecule has 0 spiro atoms. The van der Waals surface area contributed by atoms with E-state index in [0.717, 1.165) is 16.5 Å². The molecule has 33 heavy (non-hydrogen) atoms. The molecule has 9 heteroatoms. The summed E-state index contributed by atoms with van der Waals surface area (Å²) in [5.41, 5.74) is 0.762. The van der Waals surface area contributed by atoms with Crippen molar-refractivity contribution in [3.05, 3.63) is 90.0 Å². The lowest BCUT2D eigenvalue weighted by Crippen LogP contribution is -2.15. The van der Waals surface area contributed by atoms with Crippen LogP contribution in [0.3, 0.4) is 0 Å². The molecule has 4 aromatic rings. The first kappa shape index (κ1) is 22.8. The maximum atomic E-state index is 13.3. The van der Waals surface area contributed by atoms with Crippen LogP contribution < -0.4 is 10.1 Å². The number of aromatic nitrogens is 3. The van der Waals surface area contributed by atoms with Crippen LogP contribution in [0.2, 0.25) is 5.02 Å². The van der Waals surface area contributed by atoms with Gasteiger partial charge >= 0.3 is 0 Å². The van der Waals surface area contributed by atoms with Crippen LogP contribution >= 0.6 is 23.4 Å². The van der Waals surface area contributed by atoms with Gasteiger partial charge < -0.3 is 10.1 Å². The van der Waals surface area contributed by atoms with Gasteiger partial charge in [-0.25, -0.2) is 4.39 Å². The average molecular weight is 483 g/mol. The lowest BCUT2D eigenvalue weighted by molar-refractivity contribution is -0.113. The highest BCUT2D eigenvalue weighted by atomic mass is 35.5. The number of carbonyl (C=O) groups is 1. The summed E-state index contributed by atoms with van der Waals surface area (Å²) in [4.78, 5) is 12.6. The highest BCUT2D eigenvalue weighted by Gasteiger charge is 2.15. The van der Waals surface area contributed by atoms with Crippen molar-refractivity contribution in [2.75, 3.05) is 11.1 Å². The van der Waals surface area contributed by atoms with E-state index in [-0.39, 0.29) is 23.3 Å². The third-order valence-electron chi connectivity index (χ3n) is 4.76. The molecule has 4 rings (SSSR count). The molecular weight excluding hydrogens is 463 g/mol. The van der Waals surface area contributed by atoms with Crippen LogP contribution in [-0.2, 0) is 17.9 Å². The van der Waals surface area contributed by atoms with Crippen LogP contribution in [0.15, 0.2) is 78.5 Å². The molecule has 0 bridgehead atoms. The van der Waals surface area contributed by atoms with Crippen molar-refractivity contribution in [3.8, 4) is 5.75 Å². The Morgan fingerprint density at radius 1 is 1.18 bits per heavy atom. The van der Waals surface area contributed by atoms with Gasteiger partial charge in [0.2, 0.25) is 5.91 Å². The summed E-state index contributed by atoms with van der Waals surface area (Å²) in [5.74, 6) is 0.459. The second kappa shape index (κ2) is 10.5. The number of hydrogen-bond acceptors (Lipinski definition) is 5. The van der Waals surface area contributed by atoms with E-state index in [4.69, 9.17) is 16.3 Å². The predicted octanol–water partition coefficient (Wildman–Crippen LogP) is 5.72. The minimum atomic E-state index is -0.515. The summed E-state index contributed by atoms with van der Waals surface area (Å²) in [6.45, 7) is 4.32. The zero-order valence-electron chi connectivity index (χ0n) is 17.5. The summed E-state index contributed by atoms with van der Waals surface area (Å²) >= 11 is 7.07. The van der Waals surface area contributed by atoms with E-state index in [1.165, 1.54) is 30.0 Å². The first-order valence-corrected chi connectivity index (χ1v) is 11.4. The van der Waals surface area contributed by atoms with Gasteiger partial charge in [0.15, 0.2) is 11.0 Å². The third kappa shape index (κ3) is 5.53. The Morgan fingerprint density at radius 2 is 2.00 bits per heavy atom. The highest BCUT2D eigenvalue weighted by molar-refractivity contribution is 7.99. The number of nitrogens with one attached hydrogen (secondary N) is 1. The molecule has 0 saturated carbocycles. The maximum absolute atomic E-state index is 13.3. The van der Waals surface area contributed by atoms with E-state index in [2.05, 4.69) is 22.1 Å². The van der Waals surface area contributed by atoms with E-state index in [0.29, 0.717) is 23.3 Å². The summed E-state index contributed by atoms with van der Waals surface area (Å²) in [5, 5.41) is 13.9. The van der Waals surface area contributed by atoms with Gasteiger partial charge in [-0.05, 0) is 23.6 Å². The number of anilines is 1. The van der Waals surface area contributed by atoms with Crippen LogP contribution in [0.4, 0.5) is 10.1 Å². The van der Waals surface area contributed by atoms with E-state index in [1.807, 2.05) is 47.0 Å². The Kier molecular flexibility index (Phi) is 7.26. The zero-order chi connectivity index (χ0) is 23.2. The SMILES string of the molecule is C=CCn1c(COc2ccc(F)c(Cl)c2)nnc1SCC(=O)Nc1cccc2ccccc12. The summed E-state index contributed by atoms with van der Waals surface area (Å²) in [7, 11) is 0. The summed E-state index contributed by atoms with van der Waals surface area (Å²) in [6, 6.07) is 17.8. The number of nitrogens with zero attached hydrogens (tertiary/aromatic N) is 3. The fraction of sp³-hybridized carbons (Fsp3) is 0.125. The van der Waals surface area contributed by atoms with Crippen molar-refractivity contribution in [1.29, 1.82) is 0 Å². The average Bonchev–Trinajstić information content (AvgIpc) is 3.20. The van der Waals surface area contributed by atoms with Gasteiger partial charge in [-0.1, -0.05) is 65.8 Å². The van der Waals surface area contributed by atoms with Crippen molar-refractivity contribution in [3.63, 3.8) is 0 Å². The minimum Gasteiger partial charge on any atom is -0.486 e. The number of hydrogen-bond donors (Lipinski definition) is 1. The van der Waals surface area contributed by atoms with Gasteiger partial charge in [0.05, 0.1) is 10.8 Å². The molecule has 0 atom stereocenters. The molecule has 0 saturated heterocycles. The van der Waals surface area contributed by atoms with Gasteiger partial charge in [-0.3, -0.25) is 9.36 Å². The number of benzene rings is 3. The lowest BCUT2D eigenvalue weighted by atomic mass is 10.1. The van der Waals surface area contributed by atoms with Crippen LogP contribution in [-0.4, -0.2) is 26.4 Å². The maximum Gasteiger partial charge on any atom is 0.234 e. The van der Waals surface area contributed by atoms with Crippen molar-refractivity contribution >= 4 is 45.7 Å². The van der Waals surface area contributed by atoms with Crippen LogP contribution in [0, 0.1) is 5.82 Å². The second-order valence-electron chi connectivity index (χ2n) is 7.03. The minimum absolute atomic E-state index is 0.0199. The highest BCUT2D eigenvalue weighted by Crippen LogP contribution is 2.25. The molecule has 0 unspecified atom stereocenters. The van der Waals surface area contributed by atoms with Crippen molar-refractivity contribution < 1.29 is 13.9 Å². The molecule has 0 aliphatic heterocycles. The monoisotopic (exact) mass is 482 g/mol. The van der Waals surface area contributed by atoms with Crippen LogP contribution in [0.5, 0.6) is 5.75 Å². The topological polar surface area (TPSA) is 69.0 Å². The number of thioether (sulfide) groups is 1. The second-order valence-corrected chi connectivity index (χ2v) is 8.38. The van der Waals surface area contributed by atoms with E-state index in [1.54, 1.807) is 6.08 Å². The first-order chi connectivity index (χ1) is 16.0. The first-order valence-electron chi connectivity index (χ1n) is 10.1. The smallest absolute Gasteiger partial charge is 0.234 e. The molecule has 0 aliphatic rings. The molecule has 3 aromatic carbocycles. The number of fused-ring (bicyclic) bond motifs is 1. The molecule has 1 heterocycles. The van der Waals surface area contributed by atoms with Crippen molar-refractivity contribution in [2.24, 2.45) is 0 Å². The largest absolute Gasteiger partial charge is 0.486 e. The molecule has 0 aliphatic carbocycles.